The van der Waals surface area contributed by atoms with E-state index in [1.54, 1.807) is 13.4 Å². The summed E-state index contributed by atoms with van der Waals surface area (Å²) in [5.41, 5.74) is 9.89. The lowest BCUT2D eigenvalue weighted by Crippen LogP contribution is -2.09. The molecule has 2 heterocycles. The van der Waals surface area contributed by atoms with E-state index in [0.29, 0.717) is 36.7 Å². The van der Waals surface area contributed by atoms with Crippen LogP contribution in [-0.2, 0) is 17.4 Å². The summed E-state index contributed by atoms with van der Waals surface area (Å²) in [7, 11) is 1.73. The molecular weight excluding hydrogens is 373 g/mol. The Morgan fingerprint density at radius 2 is 1.75 bits per heavy atom. The maximum absolute atomic E-state index is 6.02. The molecule has 0 atom stereocenters. The van der Waals surface area contributed by atoms with Gasteiger partial charge in [-0.1, -0.05) is 38.1 Å². The van der Waals surface area contributed by atoms with Gasteiger partial charge in [-0.3, -0.25) is 0 Å². The summed E-state index contributed by atoms with van der Waals surface area (Å²) >= 11 is 0. The first-order valence-corrected chi connectivity index (χ1v) is 11.4. The van der Waals surface area contributed by atoms with Gasteiger partial charge >= 0.3 is 6.01 Å². The highest BCUT2D eigenvalue weighted by Crippen LogP contribution is 2.38. The normalized spacial score (nSPS) is 11.4. The Morgan fingerprint density at radius 3 is 2.43 bits per heavy atom. The Balaban J connectivity index is 1.76. The quantitative estimate of drug-likeness (QED) is 0.413. The Labute approximate surface area is 167 Å². The molecule has 7 nitrogen and oxygen atoms in total. The number of rotatable bonds is 10. The van der Waals surface area contributed by atoms with E-state index < -0.39 is 0 Å². The van der Waals surface area contributed by atoms with E-state index in [1.807, 2.05) is 4.57 Å². The molecule has 2 N–H and O–H groups in total. The summed E-state index contributed by atoms with van der Waals surface area (Å²) in [5, 5.41) is 0. The van der Waals surface area contributed by atoms with Crippen LogP contribution in [0.15, 0.2) is 30.6 Å². The summed E-state index contributed by atoms with van der Waals surface area (Å²) < 4.78 is 12.5. The Morgan fingerprint density at radius 1 is 1.04 bits per heavy atom. The Hall–Kier alpha value is -2.24. The number of imidazole rings is 1. The SMILES string of the molecule is CCP(CC)Cc1ccc(Cn2cnc3c(N)nc(OCCOC)nc32)cc1. The topological polar surface area (TPSA) is 88.1 Å². The zero-order valence-electron chi connectivity index (χ0n) is 16.8. The summed E-state index contributed by atoms with van der Waals surface area (Å²) in [5.74, 6) is 0.319. The lowest BCUT2D eigenvalue weighted by atomic mass is 10.1. The highest BCUT2D eigenvalue weighted by molar-refractivity contribution is 7.56. The molecule has 0 amide bonds. The van der Waals surface area contributed by atoms with Crippen LogP contribution in [0, 0.1) is 0 Å². The summed E-state index contributed by atoms with van der Waals surface area (Å²) in [4.78, 5) is 13.0. The van der Waals surface area contributed by atoms with Crippen LogP contribution in [-0.4, -0.2) is 52.2 Å². The average molecular weight is 401 g/mol. The molecule has 0 aliphatic rings. The largest absolute Gasteiger partial charge is 0.461 e. The summed E-state index contributed by atoms with van der Waals surface area (Å²) in [6.07, 6.45) is 5.51. The van der Waals surface area contributed by atoms with E-state index in [1.165, 1.54) is 29.6 Å². The van der Waals surface area contributed by atoms with Crippen LogP contribution in [0.25, 0.3) is 11.2 Å². The summed E-state index contributed by atoms with van der Waals surface area (Å²) in [6, 6.07) is 9.07. The van der Waals surface area contributed by atoms with E-state index in [4.69, 9.17) is 15.2 Å². The minimum Gasteiger partial charge on any atom is -0.461 e. The molecule has 0 fully saturated rings. The fourth-order valence-corrected chi connectivity index (χ4v) is 4.62. The van der Waals surface area contributed by atoms with Gasteiger partial charge in [-0.05, 0) is 29.6 Å². The molecule has 150 valence electrons. The lowest BCUT2D eigenvalue weighted by molar-refractivity contribution is 0.141. The van der Waals surface area contributed by atoms with E-state index in [0.717, 1.165) is 0 Å². The molecule has 0 saturated heterocycles. The van der Waals surface area contributed by atoms with E-state index >= 15 is 0 Å². The number of nitrogens with zero attached hydrogens (tertiary/aromatic N) is 4. The van der Waals surface area contributed by atoms with Crippen molar-refractivity contribution in [3.63, 3.8) is 0 Å². The minimum absolute atomic E-state index is 0.111. The summed E-state index contributed by atoms with van der Waals surface area (Å²) in [6.45, 7) is 6.07. The van der Waals surface area contributed by atoms with Crippen LogP contribution < -0.4 is 10.5 Å². The molecule has 1 aromatic carbocycles. The number of nitrogen functional groups attached to an aromatic ring is 1. The van der Waals surface area contributed by atoms with Crippen molar-refractivity contribution in [3.8, 4) is 6.01 Å². The molecule has 2 aromatic heterocycles. The lowest BCUT2D eigenvalue weighted by Gasteiger charge is -2.13. The molecule has 0 aliphatic carbocycles. The van der Waals surface area contributed by atoms with Gasteiger partial charge in [-0.25, -0.2) is 4.98 Å². The van der Waals surface area contributed by atoms with Crippen molar-refractivity contribution >= 4 is 24.9 Å². The predicted molar refractivity (Wildman–Crippen MR) is 114 cm³/mol. The van der Waals surface area contributed by atoms with Gasteiger partial charge in [-0.15, -0.1) is 7.92 Å². The molecule has 0 radical (unpaired) electrons. The molecule has 0 unspecified atom stereocenters. The second-order valence-electron chi connectivity index (χ2n) is 6.56. The monoisotopic (exact) mass is 401 g/mol. The van der Waals surface area contributed by atoms with E-state index in [9.17, 15) is 0 Å². The number of benzene rings is 1. The van der Waals surface area contributed by atoms with Crippen molar-refractivity contribution < 1.29 is 9.47 Å². The van der Waals surface area contributed by atoms with Crippen LogP contribution in [0.3, 0.4) is 0 Å². The van der Waals surface area contributed by atoms with Crippen LogP contribution in [0.2, 0.25) is 0 Å². The molecule has 0 saturated carbocycles. The number of hydrogen-bond donors (Lipinski definition) is 1. The van der Waals surface area contributed by atoms with Crippen LogP contribution >= 0.6 is 7.92 Å². The molecule has 28 heavy (non-hydrogen) atoms. The van der Waals surface area contributed by atoms with Crippen LogP contribution in [0.5, 0.6) is 6.01 Å². The highest BCUT2D eigenvalue weighted by Gasteiger charge is 2.13. The Bertz CT molecular complexity index is 893. The minimum atomic E-state index is 0.111. The maximum atomic E-state index is 6.02. The fraction of sp³-hybridized carbons (Fsp3) is 0.450. The van der Waals surface area contributed by atoms with Crippen molar-refractivity contribution in [2.24, 2.45) is 0 Å². The number of aromatic nitrogens is 4. The number of ether oxygens (including phenoxy) is 2. The van der Waals surface area contributed by atoms with Gasteiger partial charge in [0.2, 0.25) is 0 Å². The van der Waals surface area contributed by atoms with Gasteiger partial charge in [-0.2, -0.15) is 9.97 Å². The number of methoxy groups -OCH3 is 1. The third kappa shape index (κ3) is 4.97. The van der Waals surface area contributed by atoms with E-state index in [2.05, 4.69) is 53.1 Å². The Kier molecular flexibility index (Phi) is 7.18. The molecule has 0 spiro atoms. The zero-order chi connectivity index (χ0) is 19.9. The fourth-order valence-electron chi connectivity index (χ4n) is 2.99. The van der Waals surface area contributed by atoms with Crippen LogP contribution in [0.1, 0.15) is 25.0 Å². The maximum Gasteiger partial charge on any atom is 0.320 e. The van der Waals surface area contributed by atoms with Crippen LogP contribution in [0.4, 0.5) is 5.82 Å². The van der Waals surface area contributed by atoms with Crippen molar-refractivity contribution in [1.29, 1.82) is 0 Å². The molecule has 8 heteroatoms. The third-order valence-corrected chi connectivity index (χ3v) is 7.27. The number of anilines is 1. The first kappa shape index (κ1) is 20.5. The second-order valence-corrected chi connectivity index (χ2v) is 9.48. The first-order valence-electron chi connectivity index (χ1n) is 9.54. The second kappa shape index (κ2) is 9.80. The molecular formula is C20H28N5O2P. The van der Waals surface area contributed by atoms with E-state index in [-0.39, 0.29) is 13.9 Å². The van der Waals surface area contributed by atoms with Gasteiger partial charge in [0.05, 0.1) is 19.5 Å². The number of hydrogen-bond acceptors (Lipinski definition) is 6. The molecule has 0 bridgehead atoms. The number of nitrogens with two attached hydrogens (primary N) is 1. The molecule has 0 aliphatic heterocycles. The van der Waals surface area contributed by atoms with Crippen molar-refractivity contribution in [2.45, 2.75) is 26.6 Å². The van der Waals surface area contributed by atoms with Crippen molar-refractivity contribution in [2.75, 3.05) is 38.4 Å². The van der Waals surface area contributed by atoms with Crippen molar-refractivity contribution in [3.05, 3.63) is 41.7 Å². The molecule has 3 aromatic rings. The first-order chi connectivity index (χ1) is 13.6. The van der Waals surface area contributed by atoms with Gasteiger partial charge in [0, 0.05) is 7.11 Å². The molecule has 3 rings (SSSR count). The standard InChI is InChI=1S/C20H28N5O2P/c1-4-28(5-2)13-16-8-6-15(7-9-16)12-25-14-22-17-18(21)23-20(24-19(17)25)27-11-10-26-3/h6-9,14H,4-5,10-13H2,1-3H3,(H2,21,23,24). The zero-order valence-corrected chi connectivity index (χ0v) is 17.7. The highest BCUT2D eigenvalue weighted by atomic mass is 31.1. The van der Waals surface area contributed by atoms with Gasteiger partial charge in [0.15, 0.2) is 17.0 Å². The number of fused-ring (bicyclic) bond motifs is 1. The van der Waals surface area contributed by atoms with Gasteiger partial charge in [0.1, 0.15) is 6.61 Å². The third-order valence-electron chi connectivity index (χ3n) is 4.67. The van der Waals surface area contributed by atoms with Crippen molar-refractivity contribution in [1.82, 2.24) is 19.5 Å². The average Bonchev–Trinajstić information content (AvgIpc) is 3.11. The smallest absolute Gasteiger partial charge is 0.320 e. The predicted octanol–water partition coefficient (Wildman–Crippen LogP) is 3.50. The van der Waals surface area contributed by atoms with Gasteiger partial charge < -0.3 is 19.8 Å². The van der Waals surface area contributed by atoms with Gasteiger partial charge in [0.25, 0.3) is 0 Å².